The first-order valence-corrected chi connectivity index (χ1v) is 7.05. The Kier molecular flexibility index (Phi) is 3.15. The van der Waals surface area contributed by atoms with E-state index in [1.807, 2.05) is 6.20 Å². The molecule has 0 radical (unpaired) electrons. The maximum absolute atomic E-state index is 4.56. The number of fused-ring (bicyclic) bond motifs is 2. The second-order valence-electron chi connectivity index (χ2n) is 5.52. The molecule has 0 aromatic carbocycles. The minimum atomic E-state index is 0.792. The van der Waals surface area contributed by atoms with Crippen LogP contribution in [0.15, 0.2) is 18.3 Å². The van der Waals surface area contributed by atoms with E-state index < -0.39 is 0 Å². The van der Waals surface area contributed by atoms with Crippen LogP contribution in [0.5, 0.6) is 0 Å². The van der Waals surface area contributed by atoms with Gasteiger partial charge in [-0.1, -0.05) is 13.0 Å². The van der Waals surface area contributed by atoms with Crippen LogP contribution in [0.2, 0.25) is 0 Å². The number of piperidine rings is 1. The van der Waals surface area contributed by atoms with Gasteiger partial charge in [0.05, 0.1) is 0 Å². The van der Waals surface area contributed by atoms with Gasteiger partial charge in [0.15, 0.2) is 0 Å². The second kappa shape index (κ2) is 4.77. The average molecular weight is 230 g/mol. The molecule has 2 heterocycles. The molecule has 1 aliphatic carbocycles. The van der Waals surface area contributed by atoms with Crippen LogP contribution in [-0.2, 0) is 12.8 Å². The summed E-state index contributed by atoms with van der Waals surface area (Å²) < 4.78 is 0. The molecule has 17 heavy (non-hydrogen) atoms. The summed E-state index contributed by atoms with van der Waals surface area (Å²) in [6, 6.07) is 5.16. The van der Waals surface area contributed by atoms with Crippen molar-refractivity contribution in [2.24, 2.45) is 5.92 Å². The number of hydrogen-bond acceptors (Lipinski definition) is 2. The summed E-state index contributed by atoms with van der Waals surface area (Å²) in [6.07, 6.45) is 8.45. The van der Waals surface area contributed by atoms with Gasteiger partial charge >= 0.3 is 0 Å². The number of aromatic nitrogens is 1. The summed E-state index contributed by atoms with van der Waals surface area (Å²) >= 11 is 0. The molecule has 1 aromatic rings. The zero-order valence-corrected chi connectivity index (χ0v) is 10.7. The van der Waals surface area contributed by atoms with Gasteiger partial charge in [0.1, 0.15) is 0 Å². The number of pyridine rings is 1. The molecule has 0 N–H and O–H groups in total. The summed E-state index contributed by atoms with van der Waals surface area (Å²) in [5.41, 5.74) is 2.86. The first-order chi connectivity index (χ1) is 8.38. The Labute approximate surface area is 104 Å². The highest BCUT2D eigenvalue weighted by Crippen LogP contribution is 2.34. The van der Waals surface area contributed by atoms with E-state index in [1.165, 1.54) is 56.5 Å². The van der Waals surface area contributed by atoms with Gasteiger partial charge in [-0.05, 0) is 62.7 Å². The fraction of sp³-hybridized carbons (Fsp3) is 0.667. The number of hydrogen-bond donors (Lipinski definition) is 0. The van der Waals surface area contributed by atoms with Gasteiger partial charge in [0, 0.05) is 17.9 Å². The summed E-state index contributed by atoms with van der Waals surface area (Å²) in [7, 11) is 0. The molecule has 92 valence electrons. The molecule has 1 fully saturated rings. The Morgan fingerprint density at radius 2 is 2.35 bits per heavy atom. The molecule has 0 saturated carbocycles. The van der Waals surface area contributed by atoms with Crippen LogP contribution < -0.4 is 0 Å². The Morgan fingerprint density at radius 1 is 1.41 bits per heavy atom. The van der Waals surface area contributed by atoms with Gasteiger partial charge in [-0.2, -0.15) is 0 Å². The fourth-order valence-corrected chi connectivity index (χ4v) is 3.63. The zero-order valence-electron chi connectivity index (χ0n) is 10.7. The van der Waals surface area contributed by atoms with E-state index in [2.05, 4.69) is 28.9 Å². The molecule has 2 nitrogen and oxygen atoms in total. The van der Waals surface area contributed by atoms with Crippen molar-refractivity contribution in [2.75, 3.05) is 13.1 Å². The molecule has 0 amide bonds. The topological polar surface area (TPSA) is 16.1 Å². The maximum atomic E-state index is 4.56. The summed E-state index contributed by atoms with van der Waals surface area (Å²) in [5.74, 6) is 0.859. The van der Waals surface area contributed by atoms with Crippen molar-refractivity contribution in [3.05, 3.63) is 29.6 Å². The van der Waals surface area contributed by atoms with Gasteiger partial charge in [-0.15, -0.1) is 0 Å². The van der Waals surface area contributed by atoms with Crippen LogP contribution in [-0.4, -0.2) is 29.0 Å². The molecule has 1 saturated heterocycles. The van der Waals surface area contributed by atoms with E-state index in [0.717, 1.165) is 12.0 Å². The van der Waals surface area contributed by atoms with E-state index in [4.69, 9.17) is 0 Å². The fourth-order valence-electron chi connectivity index (χ4n) is 3.63. The number of nitrogens with zero attached hydrogens (tertiary/aromatic N) is 2. The molecular weight excluding hydrogens is 208 g/mol. The van der Waals surface area contributed by atoms with Crippen molar-refractivity contribution in [1.29, 1.82) is 0 Å². The van der Waals surface area contributed by atoms with Crippen LogP contribution in [0, 0.1) is 5.92 Å². The quantitative estimate of drug-likeness (QED) is 0.776. The molecule has 1 aromatic heterocycles. The van der Waals surface area contributed by atoms with Crippen molar-refractivity contribution in [3.8, 4) is 0 Å². The van der Waals surface area contributed by atoms with Gasteiger partial charge < -0.3 is 0 Å². The van der Waals surface area contributed by atoms with Crippen LogP contribution in [0.1, 0.15) is 37.4 Å². The third kappa shape index (κ3) is 2.11. The van der Waals surface area contributed by atoms with Crippen molar-refractivity contribution in [1.82, 2.24) is 9.88 Å². The van der Waals surface area contributed by atoms with Crippen LogP contribution in [0.4, 0.5) is 0 Å². The maximum Gasteiger partial charge on any atom is 0.0439 e. The standard InChI is InChI=1S/C15H22N2/c1-2-8-17-9-4-6-13-10-14-12(11-15(13)17)5-3-7-16-14/h3,5,7,13,15H,2,4,6,8-11H2,1H3/t13-,15-/m0/s1. The highest BCUT2D eigenvalue weighted by atomic mass is 15.2. The molecule has 0 bridgehead atoms. The lowest BCUT2D eigenvalue weighted by Gasteiger charge is -2.44. The first kappa shape index (κ1) is 11.2. The highest BCUT2D eigenvalue weighted by Gasteiger charge is 2.35. The van der Waals surface area contributed by atoms with Gasteiger partial charge in [0.2, 0.25) is 0 Å². The average Bonchev–Trinajstić information content (AvgIpc) is 2.37. The summed E-state index contributed by atoms with van der Waals surface area (Å²) in [5, 5.41) is 0. The smallest absolute Gasteiger partial charge is 0.0439 e. The highest BCUT2D eigenvalue weighted by molar-refractivity contribution is 5.25. The molecular formula is C15H22N2. The molecule has 2 aliphatic rings. The third-order valence-electron chi connectivity index (χ3n) is 4.41. The molecule has 1 aliphatic heterocycles. The lowest BCUT2D eigenvalue weighted by Crippen LogP contribution is -2.49. The van der Waals surface area contributed by atoms with Crippen LogP contribution in [0.3, 0.4) is 0 Å². The summed E-state index contributed by atoms with van der Waals surface area (Å²) in [6.45, 7) is 4.88. The minimum Gasteiger partial charge on any atom is -0.300 e. The Morgan fingerprint density at radius 3 is 3.24 bits per heavy atom. The summed E-state index contributed by atoms with van der Waals surface area (Å²) in [4.78, 5) is 7.29. The van der Waals surface area contributed by atoms with Crippen LogP contribution >= 0.6 is 0 Å². The molecule has 2 heteroatoms. The van der Waals surface area contributed by atoms with E-state index >= 15 is 0 Å². The predicted octanol–water partition coefficient (Wildman–Crippen LogP) is 2.67. The molecule has 3 rings (SSSR count). The third-order valence-corrected chi connectivity index (χ3v) is 4.41. The Hall–Kier alpha value is -0.890. The Balaban J connectivity index is 1.84. The van der Waals surface area contributed by atoms with E-state index in [1.54, 1.807) is 0 Å². The first-order valence-electron chi connectivity index (χ1n) is 7.05. The monoisotopic (exact) mass is 230 g/mol. The van der Waals surface area contributed by atoms with E-state index in [-0.39, 0.29) is 0 Å². The molecule has 0 spiro atoms. The largest absolute Gasteiger partial charge is 0.300 e. The van der Waals surface area contributed by atoms with Crippen molar-refractivity contribution >= 4 is 0 Å². The van der Waals surface area contributed by atoms with Crippen molar-refractivity contribution in [2.45, 2.75) is 45.1 Å². The molecule has 2 atom stereocenters. The minimum absolute atomic E-state index is 0.792. The Bertz CT molecular complexity index is 386. The van der Waals surface area contributed by atoms with Crippen molar-refractivity contribution < 1.29 is 0 Å². The second-order valence-corrected chi connectivity index (χ2v) is 5.52. The number of likely N-dealkylation sites (tertiary alicyclic amines) is 1. The van der Waals surface area contributed by atoms with Crippen molar-refractivity contribution in [3.63, 3.8) is 0 Å². The zero-order chi connectivity index (χ0) is 11.7. The lowest BCUT2D eigenvalue weighted by molar-refractivity contribution is 0.0846. The van der Waals surface area contributed by atoms with E-state index in [9.17, 15) is 0 Å². The SMILES string of the molecule is CCCN1CCC[C@H]2Cc3ncccc3C[C@@H]21. The van der Waals surface area contributed by atoms with Crippen LogP contribution in [0.25, 0.3) is 0 Å². The lowest BCUT2D eigenvalue weighted by atomic mass is 9.77. The van der Waals surface area contributed by atoms with Gasteiger partial charge in [-0.25, -0.2) is 0 Å². The van der Waals surface area contributed by atoms with Gasteiger partial charge in [-0.3, -0.25) is 9.88 Å². The number of rotatable bonds is 2. The van der Waals surface area contributed by atoms with E-state index in [0.29, 0.717) is 0 Å². The normalized spacial score (nSPS) is 28.5. The van der Waals surface area contributed by atoms with Gasteiger partial charge in [0.25, 0.3) is 0 Å². The predicted molar refractivity (Wildman–Crippen MR) is 70.0 cm³/mol. The molecule has 0 unspecified atom stereocenters.